The van der Waals surface area contributed by atoms with Crippen molar-refractivity contribution in [1.82, 2.24) is 4.98 Å². The van der Waals surface area contributed by atoms with E-state index in [9.17, 15) is 0 Å². The smallest absolute Gasteiger partial charge is 0.0443 e. The van der Waals surface area contributed by atoms with E-state index in [4.69, 9.17) is 5.73 Å². The number of hydrogen-bond acceptors (Lipinski definition) is 3. The molecule has 1 heterocycles. The van der Waals surface area contributed by atoms with E-state index in [1.54, 1.807) is 0 Å². The Morgan fingerprint density at radius 1 is 1.38 bits per heavy atom. The maximum Gasteiger partial charge on any atom is 0.0443 e. The summed E-state index contributed by atoms with van der Waals surface area (Å²) in [5.41, 5.74) is 10.1. The Labute approximate surface area is 79.6 Å². The third-order valence-electron chi connectivity index (χ3n) is 2.12. The molecule has 2 N–H and O–H groups in total. The Morgan fingerprint density at radius 3 is 2.46 bits per heavy atom. The van der Waals surface area contributed by atoms with Gasteiger partial charge < -0.3 is 10.6 Å². The largest absolute Gasteiger partial charge is 0.377 e. The molecule has 0 atom stereocenters. The second-order valence-electron chi connectivity index (χ2n) is 3.45. The lowest BCUT2D eigenvalue weighted by Gasteiger charge is -2.18. The minimum Gasteiger partial charge on any atom is -0.377 e. The molecule has 3 nitrogen and oxygen atoms in total. The molecule has 0 fully saturated rings. The average Bonchev–Trinajstić information content (AvgIpc) is 2.02. The van der Waals surface area contributed by atoms with Crippen molar-refractivity contribution in [2.24, 2.45) is 5.73 Å². The first-order valence-electron chi connectivity index (χ1n) is 4.40. The highest BCUT2D eigenvalue weighted by Gasteiger charge is 2.07. The van der Waals surface area contributed by atoms with Crippen LogP contribution in [0, 0.1) is 13.8 Å². The van der Waals surface area contributed by atoms with Crippen molar-refractivity contribution in [3.05, 3.63) is 23.0 Å². The molecule has 0 unspecified atom stereocenters. The molecule has 1 rings (SSSR count). The molecule has 0 spiro atoms. The highest BCUT2D eigenvalue weighted by atomic mass is 15.1. The summed E-state index contributed by atoms with van der Waals surface area (Å²) in [6.07, 6.45) is 0. The summed E-state index contributed by atoms with van der Waals surface area (Å²) < 4.78 is 0. The van der Waals surface area contributed by atoms with Crippen LogP contribution in [0.5, 0.6) is 0 Å². The van der Waals surface area contributed by atoms with Crippen molar-refractivity contribution < 1.29 is 0 Å². The van der Waals surface area contributed by atoms with Crippen molar-refractivity contribution in [3.8, 4) is 0 Å². The van der Waals surface area contributed by atoms with Crippen molar-refractivity contribution in [2.75, 3.05) is 19.0 Å². The van der Waals surface area contributed by atoms with E-state index >= 15 is 0 Å². The second kappa shape index (κ2) is 3.75. The number of nitrogens with two attached hydrogens (primary N) is 1. The van der Waals surface area contributed by atoms with Crippen LogP contribution in [-0.2, 0) is 6.54 Å². The van der Waals surface area contributed by atoms with E-state index in [-0.39, 0.29) is 0 Å². The molecule has 0 aliphatic rings. The normalized spacial score (nSPS) is 10.2. The van der Waals surface area contributed by atoms with Gasteiger partial charge >= 0.3 is 0 Å². The molecule has 72 valence electrons. The number of rotatable bonds is 2. The van der Waals surface area contributed by atoms with Gasteiger partial charge in [-0.25, -0.2) is 0 Å². The van der Waals surface area contributed by atoms with Gasteiger partial charge in [0.15, 0.2) is 0 Å². The fraction of sp³-hybridized carbons (Fsp3) is 0.500. The number of aromatic nitrogens is 1. The molecule has 0 bridgehead atoms. The molecule has 0 amide bonds. The first kappa shape index (κ1) is 9.99. The molecule has 3 heteroatoms. The minimum atomic E-state index is 0.548. The van der Waals surface area contributed by atoms with Crippen LogP contribution in [0.4, 0.5) is 5.69 Å². The highest BCUT2D eigenvalue weighted by Crippen LogP contribution is 2.21. The van der Waals surface area contributed by atoms with Gasteiger partial charge in [0.05, 0.1) is 0 Å². The summed E-state index contributed by atoms with van der Waals surface area (Å²) in [6.45, 7) is 4.55. The molecule has 0 aliphatic carbocycles. The van der Waals surface area contributed by atoms with Gasteiger partial charge in [0.2, 0.25) is 0 Å². The Kier molecular flexibility index (Phi) is 2.88. The molecular weight excluding hydrogens is 162 g/mol. The Balaban J connectivity index is 3.29. The first-order chi connectivity index (χ1) is 6.06. The van der Waals surface area contributed by atoms with Gasteiger partial charge in [0, 0.05) is 43.3 Å². The molecule has 0 saturated heterocycles. The highest BCUT2D eigenvalue weighted by molar-refractivity contribution is 5.54. The summed E-state index contributed by atoms with van der Waals surface area (Å²) in [5, 5.41) is 0. The Bertz CT molecular complexity index is 305. The molecule has 0 saturated carbocycles. The third-order valence-corrected chi connectivity index (χ3v) is 2.12. The zero-order valence-electron chi connectivity index (χ0n) is 8.76. The van der Waals surface area contributed by atoms with E-state index in [0.717, 1.165) is 17.0 Å². The number of anilines is 1. The number of nitrogens with zero attached hydrogens (tertiary/aromatic N) is 2. The van der Waals surface area contributed by atoms with Crippen molar-refractivity contribution in [2.45, 2.75) is 20.4 Å². The number of aryl methyl sites for hydroxylation is 2. The van der Waals surface area contributed by atoms with Gasteiger partial charge in [-0.15, -0.1) is 0 Å². The van der Waals surface area contributed by atoms with Gasteiger partial charge in [-0.1, -0.05) is 0 Å². The lowest BCUT2D eigenvalue weighted by atomic mass is 10.1. The standard InChI is InChI=1S/C10H17N3/c1-7-5-10(13(3)4)9(6-11)8(2)12-7/h5H,6,11H2,1-4H3. The monoisotopic (exact) mass is 179 g/mol. The average molecular weight is 179 g/mol. The molecular formula is C10H17N3. The molecule has 1 aromatic rings. The van der Waals surface area contributed by atoms with Crippen LogP contribution in [0.15, 0.2) is 6.07 Å². The van der Waals surface area contributed by atoms with Gasteiger partial charge in [-0.2, -0.15) is 0 Å². The maximum atomic E-state index is 5.67. The SMILES string of the molecule is Cc1cc(N(C)C)c(CN)c(C)n1. The molecule has 0 radical (unpaired) electrons. The third kappa shape index (κ3) is 1.98. The van der Waals surface area contributed by atoms with Crippen molar-refractivity contribution in [3.63, 3.8) is 0 Å². The summed E-state index contributed by atoms with van der Waals surface area (Å²) in [6, 6.07) is 2.06. The van der Waals surface area contributed by atoms with E-state index in [1.165, 1.54) is 5.69 Å². The lowest BCUT2D eigenvalue weighted by Crippen LogP contribution is -2.15. The molecule has 0 aromatic carbocycles. The van der Waals surface area contributed by atoms with Crippen molar-refractivity contribution in [1.29, 1.82) is 0 Å². The summed E-state index contributed by atoms with van der Waals surface area (Å²) >= 11 is 0. The lowest BCUT2D eigenvalue weighted by molar-refractivity contribution is 0.961. The van der Waals surface area contributed by atoms with Crippen LogP contribution in [0.1, 0.15) is 17.0 Å². The number of hydrogen-bond donors (Lipinski definition) is 1. The molecule has 1 aromatic heterocycles. The summed E-state index contributed by atoms with van der Waals surface area (Å²) in [7, 11) is 4.04. The van der Waals surface area contributed by atoms with E-state index in [2.05, 4.69) is 16.0 Å². The second-order valence-corrected chi connectivity index (χ2v) is 3.45. The fourth-order valence-electron chi connectivity index (χ4n) is 1.49. The Morgan fingerprint density at radius 2 is 2.00 bits per heavy atom. The number of pyridine rings is 1. The Hall–Kier alpha value is -1.09. The van der Waals surface area contributed by atoms with E-state index in [0.29, 0.717) is 6.54 Å². The maximum absolute atomic E-state index is 5.67. The zero-order chi connectivity index (χ0) is 10.0. The van der Waals surface area contributed by atoms with Crippen LogP contribution in [-0.4, -0.2) is 19.1 Å². The van der Waals surface area contributed by atoms with Gasteiger partial charge in [0.1, 0.15) is 0 Å². The quantitative estimate of drug-likeness (QED) is 0.742. The topological polar surface area (TPSA) is 42.1 Å². The van der Waals surface area contributed by atoms with Gasteiger partial charge in [-0.05, 0) is 19.9 Å². The summed E-state index contributed by atoms with van der Waals surface area (Å²) in [4.78, 5) is 6.45. The molecule has 13 heavy (non-hydrogen) atoms. The first-order valence-corrected chi connectivity index (χ1v) is 4.40. The van der Waals surface area contributed by atoms with Crippen LogP contribution in [0.3, 0.4) is 0 Å². The predicted molar refractivity (Wildman–Crippen MR) is 55.9 cm³/mol. The van der Waals surface area contributed by atoms with Crippen LogP contribution >= 0.6 is 0 Å². The minimum absolute atomic E-state index is 0.548. The van der Waals surface area contributed by atoms with Gasteiger partial charge in [0.25, 0.3) is 0 Å². The van der Waals surface area contributed by atoms with Crippen LogP contribution in [0.25, 0.3) is 0 Å². The predicted octanol–water partition coefficient (Wildman–Crippen LogP) is 1.22. The van der Waals surface area contributed by atoms with E-state index < -0.39 is 0 Å². The van der Waals surface area contributed by atoms with Crippen molar-refractivity contribution >= 4 is 5.69 Å². The fourth-order valence-corrected chi connectivity index (χ4v) is 1.49. The van der Waals surface area contributed by atoms with E-state index in [1.807, 2.05) is 27.9 Å². The van der Waals surface area contributed by atoms with Gasteiger partial charge in [-0.3, -0.25) is 4.98 Å². The molecule has 0 aliphatic heterocycles. The summed E-state index contributed by atoms with van der Waals surface area (Å²) in [5.74, 6) is 0. The van der Waals surface area contributed by atoms with Crippen LogP contribution in [0.2, 0.25) is 0 Å². The van der Waals surface area contributed by atoms with Crippen LogP contribution < -0.4 is 10.6 Å². The zero-order valence-corrected chi connectivity index (χ0v) is 8.76.